The van der Waals surface area contributed by atoms with Crippen molar-refractivity contribution in [2.24, 2.45) is 11.1 Å². The van der Waals surface area contributed by atoms with E-state index in [-0.39, 0.29) is 0 Å². The van der Waals surface area contributed by atoms with E-state index in [4.69, 9.17) is 5.73 Å². The molecule has 1 fully saturated rings. The zero-order chi connectivity index (χ0) is 11.3. The van der Waals surface area contributed by atoms with Crippen molar-refractivity contribution in [3.05, 3.63) is 0 Å². The summed E-state index contributed by atoms with van der Waals surface area (Å²) in [5, 5.41) is 0. The van der Waals surface area contributed by atoms with Crippen molar-refractivity contribution in [2.75, 3.05) is 45.8 Å². The van der Waals surface area contributed by atoms with Gasteiger partial charge in [0.25, 0.3) is 0 Å². The van der Waals surface area contributed by atoms with Gasteiger partial charge in [0.1, 0.15) is 0 Å². The van der Waals surface area contributed by atoms with Gasteiger partial charge in [-0.2, -0.15) is 0 Å². The van der Waals surface area contributed by atoms with E-state index in [1.165, 1.54) is 39.1 Å². The molecule has 1 saturated heterocycles. The first-order chi connectivity index (χ1) is 7.01. The minimum atomic E-state index is 0.467. The van der Waals surface area contributed by atoms with Crippen molar-refractivity contribution in [2.45, 2.75) is 27.2 Å². The maximum absolute atomic E-state index is 5.55. The highest BCUT2D eigenvalue weighted by Gasteiger charge is 2.18. The van der Waals surface area contributed by atoms with Crippen LogP contribution in [0.5, 0.6) is 0 Å². The first-order valence-electron chi connectivity index (χ1n) is 6.16. The van der Waals surface area contributed by atoms with Gasteiger partial charge < -0.3 is 10.6 Å². The second-order valence-electron chi connectivity index (χ2n) is 5.78. The van der Waals surface area contributed by atoms with Gasteiger partial charge in [0.05, 0.1) is 0 Å². The van der Waals surface area contributed by atoms with Crippen LogP contribution in [0, 0.1) is 5.41 Å². The number of nitrogens with zero attached hydrogens (tertiary/aromatic N) is 2. The van der Waals surface area contributed by atoms with E-state index in [0.29, 0.717) is 5.41 Å². The monoisotopic (exact) mass is 213 g/mol. The lowest BCUT2D eigenvalue weighted by Crippen LogP contribution is -2.48. The Kier molecular flexibility index (Phi) is 5.03. The summed E-state index contributed by atoms with van der Waals surface area (Å²) >= 11 is 0. The molecule has 0 aromatic heterocycles. The molecular formula is C12H27N3. The lowest BCUT2D eigenvalue weighted by Gasteiger charge is -2.35. The summed E-state index contributed by atoms with van der Waals surface area (Å²) in [5.41, 5.74) is 6.02. The van der Waals surface area contributed by atoms with E-state index in [0.717, 1.165) is 13.1 Å². The van der Waals surface area contributed by atoms with Gasteiger partial charge >= 0.3 is 0 Å². The molecule has 3 heteroatoms. The van der Waals surface area contributed by atoms with Crippen LogP contribution < -0.4 is 5.73 Å². The molecule has 0 aromatic rings. The highest BCUT2D eigenvalue weighted by Crippen LogP contribution is 2.19. The Labute approximate surface area is 94.6 Å². The lowest BCUT2D eigenvalue weighted by molar-refractivity contribution is 0.123. The van der Waals surface area contributed by atoms with E-state index in [2.05, 4.69) is 30.6 Å². The Morgan fingerprint density at radius 2 is 1.40 bits per heavy atom. The van der Waals surface area contributed by atoms with Crippen molar-refractivity contribution >= 4 is 0 Å². The number of hydrogen-bond acceptors (Lipinski definition) is 3. The van der Waals surface area contributed by atoms with E-state index in [1.807, 2.05) is 0 Å². The van der Waals surface area contributed by atoms with E-state index < -0.39 is 0 Å². The van der Waals surface area contributed by atoms with Crippen LogP contribution in [0.15, 0.2) is 0 Å². The van der Waals surface area contributed by atoms with E-state index in [1.54, 1.807) is 0 Å². The summed E-state index contributed by atoms with van der Waals surface area (Å²) in [6.07, 6.45) is 1.30. The van der Waals surface area contributed by atoms with Crippen molar-refractivity contribution < 1.29 is 0 Å². The third-order valence-electron chi connectivity index (χ3n) is 3.09. The average molecular weight is 213 g/mol. The SMILES string of the molecule is CC(C)(C)CCN1CCN(CCN)CC1. The van der Waals surface area contributed by atoms with Crippen molar-refractivity contribution in [1.29, 1.82) is 0 Å². The molecule has 0 saturated carbocycles. The molecule has 0 spiro atoms. The first kappa shape index (κ1) is 12.9. The predicted octanol–water partition coefficient (Wildman–Crippen LogP) is 0.999. The zero-order valence-corrected chi connectivity index (χ0v) is 10.6. The summed E-state index contributed by atoms with van der Waals surface area (Å²) in [5.74, 6) is 0. The minimum Gasteiger partial charge on any atom is -0.329 e. The Morgan fingerprint density at radius 3 is 1.80 bits per heavy atom. The van der Waals surface area contributed by atoms with Gasteiger partial charge in [-0.15, -0.1) is 0 Å². The molecule has 1 heterocycles. The van der Waals surface area contributed by atoms with Crippen LogP contribution in [0.1, 0.15) is 27.2 Å². The molecule has 15 heavy (non-hydrogen) atoms. The highest BCUT2D eigenvalue weighted by atomic mass is 15.3. The molecule has 1 aliphatic rings. The van der Waals surface area contributed by atoms with Crippen molar-refractivity contribution in [1.82, 2.24) is 9.80 Å². The fourth-order valence-corrected chi connectivity index (χ4v) is 1.91. The Morgan fingerprint density at radius 1 is 0.933 bits per heavy atom. The molecular weight excluding hydrogens is 186 g/mol. The number of rotatable bonds is 4. The first-order valence-corrected chi connectivity index (χ1v) is 6.16. The average Bonchev–Trinajstić information content (AvgIpc) is 2.16. The molecule has 0 aromatic carbocycles. The molecule has 90 valence electrons. The molecule has 3 nitrogen and oxygen atoms in total. The van der Waals surface area contributed by atoms with Crippen LogP contribution >= 0.6 is 0 Å². The molecule has 1 rings (SSSR count). The summed E-state index contributed by atoms with van der Waals surface area (Å²) in [6, 6.07) is 0. The Bertz CT molecular complexity index is 166. The van der Waals surface area contributed by atoms with Gasteiger partial charge in [-0.05, 0) is 18.4 Å². The molecule has 0 unspecified atom stereocenters. The summed E-state index contributed by atoms with van der Waals surface area (Å²) in [4.78, 5) is 5.05. The summed E-state index contributed by atoms with van der Waals surface area (Å²) < 4.78 is 0. The van der Waals surface area contributed by atoms with Gasteiger partial charge in [-0.1, -0.05) is 20.8 Å². The maximum Gasteiger partial charge on any atom is 0.0110 e. The van der Waals surface area contributed by atoms with Crippen molar-refractivity contribution in [3.8, 4) is 0 Å². The second kappa shape index (κ2) is 5.83. The molecule has 0 bridgehead atoms. The van der Waals surface area contributed by atoms with Crippen LogP contribution in [-0.2, 0) is 0 Å². The van der Waals surface area contributed by atoms with Crippen molar-refractivity contribution in [3.63, 3.8) is 0 Å². The topological polar surface area (TPSA) is 32.5 Å². The molecule has 0 atom stereocenters. The summed E-state index contributed by atoms with van der Waals surface area (Å²) in [7, 11) is 0. The van der Waals surface area contributed by atoms with Crippen LogP contribution in [0.25, 0.3) is 0 Å². The highest BCUT2D eigenvalue weighted by molar-refractivity contribution is 4.74. The van der Waals surface area contributed by atoms with Crippen LogP contribution in [0.2, 0.25) is 0 Å². The third-order valence-corrected chi connectivity index (χ3v) is 3.09. The quantitative estimate of drug-likeness (QED) is 0.756. The number of piperazine rings is 1. The predicted molar refractivity (Wildman–Crippen MR) is 66.0 cm³/mol. The number of nitrogens with two attached hydrogens (primary N) is 1. The molecule has 0 radical (unpaired) electrons. The Hall–Kier alpha value is -0.120. The summed E-state index contributed by atoms with van der Waals surface area (Å²) in [6.45, 7) is 14.9. The lowest BCUT2D eigenvalue weighted by atomic mass is 9.92. The second-order valence-corrected chi connectivity index (χ2v) is 5.78. The third kappa shape index (κ3) is 5.50. The van der Waals surface area contributed by atoms with Crippen LogP contribution in [0.3, 0.4) is 0 Å². The van der Waals surface area contributed by atoms with Gasteiger partial charge in [0, 0.05) is 39.3 Å². The molecule has 0 amide bonds. The minimum absolute atomic E-state index is 0.467. The van der Waals surface area contributed by atoms with E-state index in [9.17, 15) is 0 Å². The van der Waals surface area contributed by atoms with Crippen LogP contribution in [0.4, 0.5) is 0 Å². The largest absolute Gasteiger partial charge is 0.329 e. The molecule has 0 aliphatic carbocycles. The molecule has 1 aliphatic heterocycles. The number of hydrogen-bond donors (Lipinski definition) is 1. The fraction of sp³-hybridized carbons (Fsp3) is 1.00. The normalized spacial score (nSPS) is 20.8. The maximum atomic E-state index is 5.55. The molecule has 2 N–H and O–H groups in total. The fourth-order valence-electron chi connectivity index (χ4n) is 1.91. The van der Waals surface area contributed by atoms with Gasteiger partial charge in [0.2, 0.25) is 0 Å². The van der Waals surface area contributed by atoms with E-state index >= 15 is 0 Å². The smallest absolute Gasteiger partial charge is 0.0110 e. The zero-order valence-electron chi connectivity index (χ0n) is 10.6. The Balaban J connectivity index is 2.15. The van der Waals surface area contributed by atoms with Crippen LogP contribution in [-0.4, -0.2) is 55.6 Å². The van der Waals surface area contributed by atoms with Gasteiger partial charge in [-0.3, -0.25) is 4.90 Å². The van der Waals surface area contributed by atoms with Gasteiger partial charge in [-0.25, -0.2) is 0 Å². The standard InChI is InChI=1S/C12H27N3/c1-12(2,3)4-6-14-8-10-15(7-5-13)11-9-14/h4-11,13H2,1-3H3. The van der Waals surface area contributed by atoms with Gasteiger partial charge in [0.15, 0.2) is 0 Å².